The fraction of sp³-hybridized carbons (Fsp3) is 0.368. The van der Waals surface area contributed by atoms with Gasteiger partial charge in [-0.05, 0) is 53.1 Å². The Morgan fingerprint density at radius 1 is 1.05 bits per heavy atom. The first-order valence-electron chi connectivity index (χ1n) is 7.67. The number of hydrogen-bond donors (Lipinski definition) is 1. The maximum Gasteiger partial charge on any atom is 0.0582 e. The zero-order valence-corrected chi connectivity index (χ0v) is 13.6. The number of thioether (sulfide) groups is 1. The van der Waals surface area contributed by atoms with E-state index in [2.05, 4.69) is 67.0 Å². The van der Waals surface area contributed by atoms with E-state index in [-0.39, 0.29) is 0 Å². The van der Waals surface area contributed by atoms with Crippen molar-refractivity contribution in [3.8, 4) is 0 Å². The van der Waals surface area contributed by atoms with Gasteiger partial charge in [-0.1, -0.05) is 55.5 Å². The Bertz CT molecular complexity index is 563. The summed E-state index contributed by atoms with van der Waals surface area (Å²) in [6.07, 6.45) is 3.24. The largest absolute Gasteiger partial charge is 0.306 e. The van der Waals surface area contributed by atoms with Crippen molar-refractivity contribution in [3.05, 3.63) is 70.8 Å². The summed E-state index contributed by atoms with van der Waals surface area (Å²) >= 11 is 1.93. The van der Waals surface area contributed by atoms with Crippen molar-refractivity contribution >= 4 is 11.8 Å². The highest BCUT2D eigenvalue weighted by atomic mass is 32.2. The molecular formula is C19H23NS. The molecule has 1 N–H and O–H groups in total. The van der Waals surface area contributed by atoms with E-state index < -0.39 is 0 Å². The molecule has 2 aromatic rings. The van der Waals surface area contributed by atoms with Gasteiger partial charge >= 0.3 is 0 Å². The number of benzene rings is 2. The Kier molecular flexibility index (Phi) is 4.67. The van der Waals surface area contributed by atoms with Gasteiger partial charge in [-0.15, -0.1) is 0 Å². The topological polar surface area (TPSA) is 12.0 Å². The summed E-state index contributed by atoms with van der Waals surface area (Å²) in [5.74, 6) is 1.91. The second-order valence-electron chi connectivity index (χ2n) is 5.98. The van der Waals surface area contributed by atoms with Crippen molar-refractivity contribution in [3.63, 3.8) is 0 Å². The van der Waals surface area contributed by atoms with Gasteiger partial charge in [0.2, 0.25) is 0 Å². The quantitative estimate of drug-likeness (QED) is 0.884. The predicted molar refractivity (Wildman–Crippen MR) is 93.1 cm³/mol. The van der Waals surface area contributed by atoms with Crippen LogP contribution in [-0.4, -0.2) is 18.6 Å². The average molecular weight is 297 g/mol. The average Bonchev–Trinajstić information content (AvgIpc) is 2.51. The standard InChI is InChI=1S/C19H23NS/c1-14(13-21-2)12-20-19-17-9-5-3-7-15(17)11-16-8-4-6-10-18(16)19/h3-10,14,19-20H,11-13H2,1-2H3. The molecule has 0 radical (unpaired) electrons. The van der Waals surface area contributed by atoms with E-state index in [9.17, 15) is 0 Å². The minimum Gasteiger partial charge on any atom is -0.306 e. The zero-order valence-electron chi connectivity index (χ0n) is 12.8. The van der Waals surface area contributed by atoms with Gasteiger partial charge in [-0.2, -0.15) is 11.8 Å². The van der Waals surface area contributed by atoms with Crippen LogP contribution >= 0.6 is 11.8 Å². The van der Waals surface area contributed by atoms with Crippen LogP contribution in [0.2, 0.25) is 0 Å². The van der Waals surface area contributed by atoms with Gasteiger partial charge in [-0.3, -0.25) is 0 Å². The lowest BCUT2D eigenvalue weighted by Gasteiger charge is -2.30. The fourth-order valence-electron chi connectivity index (χ4n) is 3.21. The Labute approximate surface area is 132 Å². The molecule has 2 heteroatoms. The lowest BCUT2D eigenvalue weighted by atomic mass is 9.82. The van der Waals surface area contributed by atoms with Gasteiger partial charge in [0.15, 0.2) is 0 Å². The van der Waals surface area contributed by atoms with Crippen LogP contribution in [-0.2, 0) is 6.42 Å². The minimum absolute atomic E-state index is 0.343. The molecule has 3 rings (SSSR count). The Morgan fingerprint density at radius 3 is 2.19 bits per heavy atom. The molecule has 1 unspecified atom stereocenters. The number of rotatable bonds is 5. The molecule has 0 aromatic heterocycles. The van der Waals surface area contributed by atoms with Gasteiger partial charge < -0.3 is 5.32 Å². The normalized spacial score (nSPS) is 15.3. The first kappa shape index (κ1) is 14.7. The Balaban J connectivity index is 1.88. The van der Waals surface area contributed by atoms with E-state index in [1.807, 2.05) is 11.8 Å². The van der Waals surface area contributed by atoms with Crippen LogP contribution in [0.25, 0.3) is 0 Å². The lowest BCUT2D eigenvalue weighted by molar-refractivity contribution is 0.511. The highest BCUT2D eigenvalue weighted by Crippen LogP contribution is 2.34. The third-order valence-electron chi connectivity index (χ3n) is 4.23. The Morgan fingerprint density at radius 2 is 1.62 bits per heavy atom. The van der Waals surface area contributed by atoms with Crippen molar-refractivity contribution in [1.82, 2.24) is 5.32 Å². The molecule has 0 aliphatic heterocycles. The molecule has 0 amide bonds. The van der Waals surface area contributed by atoms with Crippen LogP contribution in [0, 0.1) is 5.92 Å². The SMILES string of the molecule is CSCC(C)CNC1c2ccccc2Cc2ccccc21. The molecule has 1 aliphatic rings. The van der Waals surface area contributed by atoms with Gasteiger partial charge in [-0.25, -0.2) is 0 Å². The van der Waals surface area contributed by atoms with Crippen LogP contribution in [0.3, 0.4) is 0 Å². The summed E-state index contributed by atoms with van der Waals surface area (Å²) in [5, 5.41) is 3.81. The molecule has 0 saturated carbocycles. The first-order chi connectivity index (χ1) is 10.3. The monoisotopic (exact) mass is 297 g/mol. The van der Waals surface area contributed by atoms with E-state index in [0.29, 0.717) is 12.0 Å². The molecule has 1 atom stereocenters. The molecule has 110 valence electrons. The Hall–Kier alpha value is -1.25. The van der Waals surface area contributed by atoms with Crippen LogP contribution < -0.4 is 5.32 Å². The molecule has 1 nitrogen and oxygen atoms in total. The summed E-state index contributed by atoms with van der Waals surface area (Å²) in [6.45, 7) is 3.39. The smallest absolute Gasteiger partial charge is 0.0582 e. The minimum atomic E-state index is 0.343. The second kappa shape index (κ2) is 6.67. The highest BCUT2D eigenvalue weighted by Gasteiger charge is 2.24. The molecular weight excluding hydrogens is 274 g/mol. The first-order valence-corrected chi connectivity index (χ1v) is 9.07. The van der Waals surface area contributed by atoms with E-state index in [1.54, 1.807) is 0 Å². The molecule has 0 spiro atoms. The summed E-state index contributed by atoms with van der Waals surface area (Å²) in [6, 6.07) is 18.1. The van der Waals surface area contributed by atoms with Crippen LogP contribution in [0.4, 0.5) is 0 Å². The number of hydrogen-bond acceptors (Lipinski definition) is 2. The fourth-order valence-corrected chi connectivity index (χ4v) is 3.90. The summed E-state index contributed by atoms with van der Waals surface area (Å²) in [4.78, 5) is 0. The van der Waals surface area contributed by atoms with Crippen molar-refractivity contribution in [2.45, 2.75) is 19.4 Å². The third-order valence-corrected chi connectivity index (χ3v) is 5.14. The molecule has 1 aliphatic carbocycles. The maximum absolute atomic E-state index is 3.81. The molecule has 0 fully saturated rings. The van der Waals surface area contributed by atoms with Crippen molar-refractivity contribution in [2.24, 2.45) is 5.92 Å². The van der Waals surface area contributed by atoms with E-state index >= 15 is 0 Å². The lowest BCUT2D eigenvalue weighted by Crippen LogP contribution is -2.31. The van der Waals surface area contributed by atoms with Crippen LogP contribution in [0.15, 0.2) is 48.5 Å². The highest BCUT2D eigenvalue weighted by molar-refractivity contribution is 7.98. The molecule has 2 aromatic carbocycles. The van der Waals surface area contributed by atoms with Crippen molar-refractivity contribution in [2.75, 3.05) is 18.6 Å². The molecule has 0 saturated heterocycles. The van der Waals surface area contributed by atoms with Gasteiger partial charge in [0.05, 0.1) is 6.04 Å². The predicted octanol–water partition coefficient (Wildman–Crippen LogP) is 4.27. The number of fused-ring (bicyclic) bond motifs is 2. The zero-order chi connectivity index (χ0) is 14.7. The van der Waals surface area contributed by atoms with E-state index in [4.69, 9.17) is 0 Å². The van der Waals surface area contributed by atoms with Crippen LogP contribution in [0.5, 0.6) is 0 Å². The van der Waals surface area contributed by atoms with E-state index in [1.165, 1.54) is 28.0 Å². The van der Waals surface area contributed by atoms with E-state index in [0.717, 1.165) is 13.0 Å². The molecule has 21 heavy (non-hydrogen) atoms. The van der Waals surface area contributed by atoms with Gasteiger partial charge in [0.25, 0.3) is 0 Å². The summed E-state index contributed by atoms with van der Waals surface area (Å²) in [5.41, 5.74) is 5.83. The molecule has 0 bridgehead atoms. The maximum atomic E-state index is 3.81. The van der Waals surface area contributed by atoms with Crippen molar-refractivity contribution in [1.29, 1.82) is 0 Å². The number of nitrogens with one attached hydrogen (secondary N) is 1. The van der Waals surface area contributed by atoms with Gasteiger partial charge in [0.1, 0.15) is 0 Å². The van der Waals surface area contributed by atoms with Crippen LogP contribution in [0.1, 0.15) is 35.2 Å². The summed E-state index contributed by atoms with van der Waals surface area (Å²) < 4.78 is 0. The summed E-state index contributed by atoms with van der Waals surface area (Å²) in [7, 11) is 0. The van der Waals surface area contributed by atoms with Gasteiger partial charge in [0, 0.05) is 0 Å². The molecule has 0 heterocycles. The second-order valence-corrected chi connectivity index (χ2v) is 6.89. The third kappa shape index (κ3) is 3.17. The van der Waals surface area contributed by atoms with Crippen molar-refractivity contribution < 1.29 is 0 Å².